The van der Waals surface area contributed by atoms with Crippen LogP contribution in [0.1, 0.15) is 52.3 Å². The van der Waals surface area contributed by atoms with E-state index in [1.807, 2.05) is 0 Å². The van der Waals surface area contributed by atoms with E-state index in [0.29, 0.717) is 31.8 Å². The lowest BCUT2D eigenvalue weighted by Gasteiger charge is -2.33. The van der Waals surface area contributed by atoms with Crippen LogP contribution in [0.5, 0.6) is 0 Å². The number of imidazole rings is 1. The van der Waals surface area contributed by atoms with Gasteiger partial charge in [-0.15, -0.1) is 0 Å². The minimum atomic E-state index is -4.91. The summed E-state index contributed by atoms with van der Waals surface area (Å²) in [6.07, 6.45) is -8.20. The van der Waals surface area contributed by atoms with Gasteiger partial charge >= 0.3 is 18.4 Å². The molecule has 0 bridgehead atoms. The monoisotopic (exact) mass is 518 g/mol. The topological polar surface area (TPSA) is 67.7 Å². The first kappa shape index (κ1) is 25.8. The molecular weight excluding hydrogens is 494 g/mol. The quantitative estimate of drug-likeness (QED) is 0.559. The highest BCUT2D eigenvalue weighted by Crippen LogP contribution is 2.39. The van der Waals surface area contributed by atoms with Crippen LogP contribution in [0, 0.1) is 0 Å². The molecule has 1 aromatic carbocycles. The molecule has 3 heterocycles. The van der Waals surface area contributed by atoms with Gasteiger partial charge < -0.3 is 19.1 Å². The highest BCUT2D eigenvalue weighted by molar-refractivity contribution is 5.92. The lowest BCUT2D eigenvalue weighted by molar-refractivity contribution is -0.143. The average molecular weight is 518 g/mol. The number of aromatic nitrogens is 2. The van der Waals surface area contributed by atoms with Crippen LogP contribution in [0.3, 0.4) is 0 Å². The van der Waals surface area contributed by atoms with Crippen molar-refractivity contribution >= 4 is 12.0 Å². The van der Waals surface area contributed by atoms with E-state index in [1.54, 1.807) is 16.4 Å². The number of carbonyl (C=O) groups is 2. The Morgan fingerprint density at radius 1 is 0.972 bits per heavy atom. The molecule has 2 amide bonds. The Balaban J connectivity index is 1.49. The Hall–Kier alpha value is -3.25. The minimum Gasteiger partial charge on any atom is -0.450 e. The van der Waals surface area contributed by atoms with Gasteiger partial charge in [0, 0.05) is 51.3 Å². The number of rotatable bonds is 3. The first-order valence-electron chi connectivity index (χ1n) is 11.4. The van der Waals surface area contributed by atoms with Crippen LogP contribution in [0.4, 0.5) is 31.1 Å². The molecule has 0 radical (unpaired) electrons. The molecule has 0 spiro atoms. The number of fused-ring (bicyclic) bond motifs is 1. The fraction of sp³-hybridized carbons (Fsp3) is 0.522. The van der Waals surface area contributed by atoms with Crippen molar-refractivity contribution < 1.29 is 40.7 Å². The summed E-state index contributed by atoms with van der Waals surface area (Å²) in [5.74, 6) is -0.413. The summed E-state index contributed by atoms with van der Waals surface area (Å²) in [5, 5.41) is 0. The second-order valence-corrected chi connectivity index (χ2v) is 8.75. The van der Waals surface area contributed by atoms with Gasteiger partial charge in [-0.1, -0.05) is 0 Å². The Bertz CT molecular complexity index is 1100. The number of amides is 2. The molecule has 2 aliphatic heterocycles. The van der Waals surface area contributed by atoms with Gasteiger partial charge in [-0.3, -0.25) is 4.79 Å². The number of ether oxygens (including phenoxy) is 1. The number of alkyl halides is 6. The van der Waals surface area contributed by atoms with E-state index in [9.17, 15) is 35.9 Å². The molecule has 0 aliphatic carbocycles. The van der Waals surface area contributed by atoms with Crippen LogP contribution >= 0.6 is 0 Å². The minimum absolute atomic E-state index is 0.0561. The predicted octanol–water partition coefficient (Wildman–Crippen LogP) is 4.57. The van der Waals surface area contributed by atoms with E-state index in [0.717, 1.165) is 12.1 Å². The average Bonchev–Trinajstić information content (AvgIpc) is 3.26. The van der Waals surface area contributed by atoms with Gasteiger partial charge in [-0.2, -0.15) is 26.3 Å². The second-order valence-electron chi connectivity index (χ2n) is 8.75. The number of hydrogen-bond acceptors (Lipinski definition) is 4. The highest BCUT2D eigenvalue weighted by Gasteiger charge is 2.38. The molecule has 2 aromatic rings. The number of hydrogen-bond donors (Lipinski definition) is 0. The van der Waals surface area contributed by atoms with E-state index in [2.05, 4.69) is 4.98 Å². The predicted molar refractivity (Wildman–Crippen MR) is 114 cm³/mol. The standard InChI is InChI=1S/C23H24F6N4O3/c1-2-36-21(35)32-7-5-31(6-8-32)20(34)18-13-33-12-14(3-4-19(33)30-18)15-9-16(22(24,25)26)11-17(10-15)23(27,28)29/h9-11,13-14H,2-8,12H2,1H3/t14-/m0/s1. The van der Waals surface area contributed by atoms with Gasteiger partial charge in [0.1, 0.15) is 11.5 Å². The Kier molecular flexibility index (Phi) is 6.93. The van der Waals surface area contributed by atoms with E-state index >= 15 is 0 Å². The van der Waals surface area contributed by atoms with Crippen LogP contribution in [-0.2, 0) is 30.1 Å². The van der Waals surface area contributed by atoms with Crippen LogP contribution in [0.25, 0.3) is 0 Å². The highest BCUT2D eigenvalue weighted by atomic mass is 19.4. The van der Waals surface area contributed by atoms with Crippen LogP contribution in [0.2, 0.25) is 0 Å². The van der Waals surface area contributed by atoms with Gasteiger partial charge in [0.05, 0.1) is 17.7 Å². The number of benzene rings is 1. The van der Waals surface area contributed by atoms with Crippen molar-refractivity contribution in [3.8, 4) is 0 Å². The maximum Gasteiger partial charge on any atom is 0.416 e. The third kappa shape index (κ3) is 5.44. The maximum absolute atomic E-state index is 13.3. The number of halogens is 6. The summed E-state index contributed by atoms with van der Waals surface area (Å²) in [6.45, 7) is 3.22. The van der Waals surface area contributed by atoms with Gasteiger partial charge in [0.15, 0.2) is 0 Å². The van der Waals surface area contributed by atoms with Crippen LogP contribution < -0.4 is 0 Å². The van der Waals surface area contributed by atoms with Crippen molar-refractivity contribution in [3.63, 3.8) is 0 Å². The van der Waals surface area contributed by atoms with E-state index in [4.69, 9.17) is 4.74 Å². The molecule has 0 unspecified atom stereocenters. The van der Waals surface area contributed by atoms with Crippen molar-refractivity contribution in [2.24, 2.45) is 0 Å². The number of carbonyl (C=O) groups excluding carboxylic acids is 2. The smallest absolute Gasteiger partial charge is 0.416 e. The zero-order chi connectivity index (χ0) is 26.3. The molecule has 1 aromatic heterocycles. The second kappa shape index (κ2) is 9.66. The van der Waals surface area contributed by atoms with Crippen molar-refractivity contribution in [3.05, 3.63) is 52.6 Å². The molecule has 196 valence electrons. The van der Waals surface area contributed by atoms with Gasteiger partial charge in [-0.05, 0) is 37.1 Å². The largest absolute Gasteiger partial charge is 0.450 e. The van der Waals surface area contributed by atoms with Crippen molar-refractivity contribution in [1.29, 1.82) is 0 Å². The van der Waals surface area contributed by atoms with Crippen LogP contribution in [0.15, 0.2) is 24.4 Å². The molecule has 1 atom stereocenters. The van der Waals surface area contributed by atoms with Crippen molar-refractivity contribution in [2.75, 3.05) is 32.8 Å². The summed E-state index contributed by atoms with van der Waals surface area (Å²) in [6, 6.07) is 1.64. The molecule has 1 fully saturated rings. The molecular formula is C23H24F6N4O3. The first-order chi connectivity index (χ1) is 16.9. The zero-order valence-electron chi connectivity index (χ0n) is 19.3. The number of piperazine rings is 1. The molecule has 0 N–H and O–H groups in total. The Morgan fingerprint density at radius 3 is 2.11 bits per heavy atom. The molecule has 1 saturated heterocycles. The molecule has 13 heteroatoms. The van der Waals surface area contributed by atoms with Gasteiger partial charge in [0.25, 0.3) is 5.91 Å². The molecule has 4 rings (SSSR count). The third-order valence-electron chi connectivity index (χ3n) is 6.39. The van der Waals surface area contributed by atoms with Gasteiger partial charge in [-0.25, -0.2) is 9.78 Å². The van der Waals surface area contributed by atoms with E-state index in [-0.39, 0.29) is 49.5 Å². The molecule has 36 heavy (non-hydrogen) atoms. The fourth-order valence-corrected chi connectivity index (χ4v) is 4.50. The van der Waals surface area contributed by atoms with Crippen molar-refractivity contribution in [2.45, 2.75) is 44.6 Å². The lowest BCUT2D eigenvalue weighted by atomic mass is 9.89. The Morgan fingerprint density at radius 2 is 1.56 bits per heavy atom. The molecule has 0 saturated carbocycles. The fourth-order valence-electron chi connectivity index (χ4n) is 4.50. The molecule has 7 nitrogen and oxygen atoms in total. The maximum atomic E-state index is 13.3. The number of aryl methyl sites for hydroxylation is 1. The number of nitrogens with zero attached hydrogens (tertiary/aromatic N) is 4. The van der Waals surface area contributed by atoms with Gasteiger partial charge in [0.2, 0.25) is 0 Å². The summed E-state index contributed by atoms with van der Waals surface area (Å²) in [4.78, 5) is 32.2. The summed E-state index contributed by atoms with van der Waals surface area (Å²) < 4.78 is 86.2. The third-order valence-corrected chi connectivity index (χ3v) is 6.39. The van der Waals surface area contributed by atoms with E-state index in [1.165, 1.54) is 11.1 Å². The summed E-state index contributed by atoms with van der Waals surface area (Å²) >= 11 is 0. The lowest BCUT2D eigenvalue weighted by Crippen LogP contribution is -2.50. The normalized spacial score (nSPS) is 18.7. The molecule has 2 aliphatic rings. The first-order valence-corrected chi connectivity index (χ1v) is 11.4. The summed E-state index contributed by atoms with van der Waals surface area (Å²) in [7, 11) is 0. The van der Waals surface area contributed by atoms with Crippen LogP contribution in [-0.4, -0.2) is 64.1 Å². The Labute approximate surface area is 202 Å². The SMILES string of the molecule is CCOC(=O)N1CCN(C(=O)c2cn3c(n2)CC[C@H](c2cc(C(F)(F)F)cc(C(F)(F)F)c2)C3)CC1. The summed E-state index contributed by atoms with van der Waals surface area (Å²) in [5.41, 5.74) is -2.60. The van der Waals surface area contributed by atoms with Crippen molar-refractivity contribution in [1.82, 2.24) is 19.4 Å². The van der Waals surface area contributed by atoms with E-state index < -0.39 is 35.5 Å². The zero-order valence-corrected chi connectivity index (χ0v) is 19.3.